The maximum absolute atomic E-state index is 3.38. The van der Waals surface area contributed by atoms with Gasteiger partial charge in [-0.2, -0.15) is 0 Å². The Kier molecular flexibility index (Phi) is 4.95. The van der Waals surface area contributed by atoms with Crippen LogP contribution in [0.15, 0.2) is 0 Å². The summed E-state index contributed by atoms with van der Waals surface area (Å²) in [6.45, 7) is 6.54. The molecule has 2 heteroatoms. The molecule has 0 aliphatic heterocycles. The second-order valence-electron chi connectivity index (χ2n) is 2.38. The molecule has 1 N–H and O–H groups in total. The van der Waals surface area contributed by atoms with Gasteiger partial charge in [0.05, 0.1) is 0 Å². The molecule has 1 atom stereocenters. The number of hydrogen-bond donors (Lipinski definition) is 1. The SMILES string of the molecule is CC(C)NC(C)CI. The van der Waals surface area contributed by atoms with Gasteiger partial charge in [0.1, 0.15) is 0 Å². The standard InChI is InChI=1S/C6H14IN/c1-5(2)8-6(3)4-7/h5-6,8H,4H2,1-3H3. The summed E-state index contributed by atoms with van der Waals surface area (Å²) in [7, 11) is 0. The highest BCUT2D eigenvalue weighted by Crippen LogP contribution is 1.90. The van der Waals surface area contributed by atoms with Crippen molar-refractivity contribution in [3.05, 3.63) is 0 Å². The molecular formula is C6H14IN. The van der Waals surface area contributed by atoms with E-state index in [0.717, 1.165) is 0 Å². The third kappa shape index (κ3) is 4.84. The minimum atomic E-state index is 0.625. The Morgan fingerprint density at radius 3 is 2.00 bits per heavy atom. The van der Waals surface area contributed by atoms with E-state index in [0.29, 0.717) is 12.1 Å². The summed E-state index contributed by atoms with van der Waals surface area (Å²) >= 11 is 2.38. The van der Waals surface area contributed by atoms with Crippen LogP contribution < -0.4 is 5.32 Å². The lowest BCUT2D eigenvalue weighted by Gasteiger charge is -2.12. The zero-order valence-corrected chi connectivity index (χ0v) is 7.90. The smallest absolute Gasteiger partial charge is 0.0147 e. The van der Waals surface area contributed by atoms with Crippen LogP contribution in [-0.2, 0) is 0 Å². The molecule has 0 amide bonds. The van der Waals surface area contributed by atoms with Crippen molar-refractivity contribution in [2.45, 2.75) is 32.9 Å². The number of hydrogen-bond acceptors (Lipinski definition) is 1. The van der Waals surface area contributed by atoms with Gasteiger partial charge in [-0.1, -0.05) is 36.4 Å². The van der Waals surface area contributed by atoms with Crippen molar-refractivity contribution < 1.29 is 0 Å². The summed E-state index contributed by atoms with van der Waals surface area (Å²) < 4.78 is 1.19. The highest BCUT2D eigenvalue weighted by Gasteiger charge is 1.98. The minimum Gasteiger partial charge on any atom is -0.311 e. The van der Waals surface area contributed by atoms with E-state index >= 15 is 0 Å². The Balaban J connectivity index is 3.10. The summed E-state index contributed by atoms with van der Waals surface area (Å²) in [4.78, 5) is 0. The van der Waals surface area contributed by atoms with Crippen LogP contribution in [0, 0.1) is 0 Å². The second kappa shape index (κ2) is 4.56. The number of rotatable bonds is 3. The first-order valence-electron chi connectivity index (χ1n) is 2.98. The zero-order chi connectivity index (χ0) is 6.57. The normalized spacial score (nSPS) is 14.6. The highest BCUT2D eigenvalue weighted by atomic mass is 127. The molecule has 0 aliphatic carbocycles. The molecule has 0 aromatic rings. The van der Waals surface area contributed by atoms with Gasteiger partial charge in [-0.05, 0) is 6.92 Å². The van der Waals surface area contributed by atoms with Crippen LogP contribution in [0.4, 0.5) is 0 Å². The third-order valence-corrected chi connectivity index (χ3v) is 2.17. The molecule has 0 rings (SSSR count). The molecule has 0 saturated heterocycles. The molecule has 0 radical (unpaired) electrons. The summed E-state index contributed by atoms with van der Waals surface area (Å²) in [5.41, 5.74) is 0. The van der Waals surface area contributed by atoms with Crippen molar-refractivity contribution in [3.63, 3.8) is 0 Å². The predicted molar refractivity (Wildman–Crippen MR) is 46.6 cm³/mol. The molecule has 0 bridgehead atoms. The molecule has 0 fully saturated rings. The fraction of sp³-hybridized carbons (Fsp3) is 1.00. The van der Waals surface area contributed by atoms with E-state index in [9.17, 15) is 0 Å². The van der Waals surface area contributed by atoms with Crippen molar-refractivity contribution in [3.8, 4) is 0 Å². The predicted octanol–water partition coefficient (Wildman–Crippen LogP) is 1.81. The molecule has 1 unspecified atom stereocenters. The first-order chi connectivity index (χ1) is 3.66. The Morgan fingerprint density at radius 2 is 1.88 bits per heavy atom. The molecule has 1 nitrogen and oxygen atoms in total. The molecule has 0 aliphatic rings. The van der Waals surface area contributed by atoms with Crippen LogP contribution in [0.1, 0.15) is 20.8 Å². The number of nitrogens with one attached hydrogen (secondary N) is 1. The Labute approximate surface area is 65.4 Å². The fourth-order valence-electron chi connectivity index (χ4n) is 0.614. The van der Waals surface area contributed by atoms with Gasteiger partial charge in [-0.15, -0.1) is 0 Å². The lowest BCUT2D eigenvalue weighted by molar-refractivity contribution is 0.527. The van der Waals surface area contributed by atoms with Gasteiger partial charge in [-0.3, -0.25) is 0 Å². The zero-order valence-electron chi connectivity index (χ0n) is 5.74. The van der Waals surface area contributed by atoms with Crippen molar-refractivity contribution >= 4 is 22.6 Å². The summed E-state index contributed by atoms with van der Waals surface area (Å²) in [5, 5.41) is 3.38. The number of halogens is 1. The van der Waals surface area contributed by atoms with E-state index in [4.69, 9.17) is 0 Å². The topological polar surface area (TPSA) is 12.0 Å². The monoisotopic (exact) mass is 227 g/mol. The van der Waals surface area contributed by atoms with E-state index in [1.807, 2.05) is 0 Å². The van der Waals surface area contributed by atoms with Crippen molar-refractivity contribution in [2.24, 2.45) is 0 Å². The quantitative estimate of drug-likeness (QED) is 0.572. The van der Waals surface area contributed by atoms with Gasteiger partial charge in [0.15, 0.2) is 0 Å². The molecule has 0 aromatic carbocycles. The maximum atomic E-state index is 3.38. The van der Waals surface area contributed by atoms with Gasteiger partial charge >= 0.3 is 0 Å². The minimum absolute atomic E-state index is 0.625. The Bertz CT molecular complexity index is 54.5. The van der Waals surface area contributed by atoms with E-state index < -0.39 is 0 Å². The van der Waals surface area contributed by atoms with Gasteiger partial charge < -0.3 is 5.32 Å². The first kappa shape index (κ1) is 8.69. The van der Waals surface area contributed by atoms with Gasteiger partial charge in [0.25, 0.3) is 0 Å². The second-order valence-corrected chi connectivity index (χ2v) is 3.26. The summed E-state index contributed by atoms with van der Waals surface area (Å²) in [6, 6.07) is 1.29. The van der Waals surface area contributed by atoms with E-state index in [1.165, 1.54) is 4.43 Å². The lowest BCUT2D eigenvalue weighted by Crippen LogP contribution is -2.33. The van der Waals surface area contributed by atoms with Gasteiger partial charge in [0.2, 0.25) is 0 Å². The largest absolute Gasteiger partial charge is 0.311 e. The van der Waals surface area contributed by atoms with Crippen molar-refractivity contribution in [1.82, 2.24) is 5.32 Å². The molecule has 0 aromatic heterocycles. The summed E-state index contributed by atoms with van der Waals surface area (Å²) in [6.07, 6.45) is 0. The van der Waals surface area contributed by atoms with Crippen LogP contribution in [-0.4, -0.2) is 16.5 Å². The summed E-state index contributed by atoms with van der Waals surface area (Å²) in [5.74, 6) is 0. The van der Waals surface area contributed by atoms with Crippen LogP contribution in [0.2, 0.25) is 0 Å². The van der Waals surface area contributed by atoms with Crippen molar-refractivity contribution in [1.29, 1.82) is 0 Å². The third-order valence-electron chi connectivity index (χ3n) is 0.849. The van der Waals surface area contributed by atoms with Gasteiger partial charge in [-0.25, -0.2) is 0 Å². The van der Waals surface area contributed by atoms with Crippen LogP contribution in [0.5, 0.6) is 0 Å². The average molecular weight is 227 g/mol. The molecule has 0 spiro atoms. The van der Waals surface area contributed by atoms with Crippen molar-refractivity contribution in [2.75, 3.05) is 4.43 Å². The van der Waals surface area contributed by atoms with Crippen LogP contribution in [0.3, 0.4) is 0 Å². The molecule has 50 valence electrons. The molecular weight excluding hydrogens is 213 g/mol. The van der Waals surface area contributed by atoms with Crippen LogP contribution in [0.25, 0.3) is 0 Å². The average Bonchev–Trinajstić information content (AvgIpc) is 1.65. The van der Waals surface area contributed by atoms with E-state index in [1.54, 1.807) is 0 Å². The van der Waals surface area contributed by atoms with E-state index in [2.05, 4.69) is 48.7 Å². The van der Waals surface area contributed by atoms with E-state index in [-0.39, 0.29) is 0 Å². The van der Waals surface area contributed by atoms with Gasteiger partial charge in [0, 0.05) is 16.5 Å². The molecule has 0 saturated carbocycles. The lowest BCUT2D eigenvalue weighted by atomic mass is 10.3. The molecule has 8 heavy (non-hydrogen) atoms. The Morgan fingerprint density at radius 1 is 1.38 bits per heavy atom. The molecule has 0 heterocycles. The number of alkyl halides is 1. The fourth-order valence-corrected chi connectivity index (χ4v) is 0.868. The Hall–Kier alpha value is 0.690. The highest BCUT2D eigenvalue weighted by molar-refractivity contribution is 14.1. The first-order valence-corrected chi connectivity index (χ1v) is 4.51. The maximum Gasteiger partial charge on any atom is 0.0147 e. The van der Waals surface area contributed by atoms with Crippen LogP contribution >= 0.6 is 22.6 Å².